The first-order chi connectivity index (χ1) is 22.0. The van der Waals surface area contributed by atoms with Crippen molar-refractivity contribution in [3.63, 3.8) is 0 Å². The maximum absolute atomic E-state index is 12.7. The van der Waals surface area contributed by atoms with Crippen molar-refractivity contribution in [2.75, 3.05) is 38.1 Å². The zero-order chi connectivity index (χ0) is 36.4. The van der Waals surface area contributed by atoms with Crippen molar-refractivity contribution in [2.24, 2.45) is 10.9 Å². The first-order valence-electron chi connectivity index (χ1n) is 15.7. The van der Waals surface area contributed by atoms with Gasteiger partial charge < -0.3 is 0 Å². The van der Waals surface area contributed by atoms with E-state index in [1.54, 1.807) is 30.4 Å². The van der Waals surface area contributed by atoms with E-state index in [4.69, 9.17) is 5.84 Å². The number of carbonyl (C=O) groups is 5. The fourth-order valence-corrected chi connectivity index (χ4v) is 5.73. The average Bonchev–Trinajstić information content (AvgIpc) is 3.02. The molecule has 2 rings (SSSR count). The number of likely N-dealkylation sites (N-methyl/N-ethyl adjacent to an activating group) is 2. The number of nitrogens with zero attached hydrogens (tertiary/aromatic N) is 3. The van der Waals surface area contributed by atoms with Gasteiger partial charge in [-0.05, 0) is 88.1 Å². The number of hydrogen-bond acceptors (Lipinski definition) is 9. The molecule has 0 bridgehead atoms. The molecule has 0 heterocycles. The van der Waals surface area contributed by atoms with Gasteiger partial charge in [0.05, 0.1) is 5.75 Å². The third kappa shape index (κ3) is 14.2. The maximum Gasteiger partial charge on any atom is 0.314 e. The molecule has 11 heteroatoms. The summed E-state index contributed by atoms with van der Waals surface area (Å²) in [5.74, 6) is 4.74. The minimum absolute atomic E-state index is 0.252. The fourth-order valence-electron chi connectivity index (χ4n) is 4.85. The Morgan fingerprint density at radius 2 is 1.00 bits per heavy atom. The molecule has 2 amide bonds. The molecule has 9 nitrogen and oxygen atoms in total. The van der Waals surface area contributed by atoms with Gasteiger partial charge in [0, 0.05) is 36.7 Å². The normalized spacial score (nSPS) is 10.6. The van der Waals surface area contributed by atoms with Gasteiger partial charge in [-0.25, -0.2) is 10.9 Å². The van der Waals surface area contributed by atoms with Crippen LogP contribution in [0.1, 0.15) is 95.6 Å². The van der Waals surface area contributed by atoms with Gasteiger partial charge in [0.1, 0.15) is 5.78 Å². The predicted molar refractivity (Wildman–Crippen MR) is 199 cm³/mol. The van der Waals surface area contributed by atoms with Crippen LogP contribution in [-0.4, -0.2) is 83.0 Å². The van der Waals surface area contributed by atoms with Gasteiger partial charge in [-0.2, -0.15) is 28.6 Å². The van der Waals surface area contributed by atoms with Crippen LogP contribution in [0.15, 0.2) is 29.4 Å². The second-order valence-corrected chi connectivity index (χ2v) is 12.9. The quantitative estimate of drug-likeness (QED) is 0.0671. The Hall–Kier alpha value is -3.28. The highest BCUT2D eigenvalue weighted by atomic mass is 32.2. The van der Waals surface area contributed by atoms with Crippen molar-refractivity contribution in [2.45, 2.75) is 81.1 Å². The molecule has 0 saturated heterocycles. The van der Waals surface area contributed by atoms with Gasteiger partial charge in [0.15, 0.2) is 0 Å². The standard InChI is InChI=1S/C18H26N2O2S.C14H20N2O2.C4H8OS/c1-7-14-9-12(3)10-15(8-2)16(14)17(21)18(22)20(5)19-13(4)11-23-6;1-5-10-7-9(3)8-11(6-2)12(10)13(17)14(18)16(4)15;1-4(5)3-6-2/h9-10H,7-8,11H2,1-6H3;7-8H,5-6,15H2,1-4H3;3H2,1-2H3. The Kier molecular flexibility index (Phi) is 20.8. The van der Waals surface area contributed by atoms with Crippen molar-refractivity contribution >= 4 is 58.4 Å². The number of hydrazone groups is 1. The summed E-state index contributed by atoms with van der Waals surface area (Å²) < 4.78 is 0. The van der Waals surface area contributed by atoms with Crippen molar-refractivity contribution in [3.8, 4) is 0 Å². The van der Waals surface area contributed by atoms with Crippen LogP contribution in [0.5, 0.6) is 0 Å². The molecule has 2 aromatic rings. The van der Waals surface area contributed by atoms with E-state index in [2.05, 4.69) is 5.10 Å². The third-order valence-electron chi connectivity index (χ3n) is 6.89. The first-order valence-corrected chi connectivity index (χ1v) is 18.5. The van der Waals surface area contributed by atoms with Gasteiger partial charge >= 0.3 is 11.8 Å². The van der Waals surface area contributed by atoms with E-state index in [0.29, 0.717) is 16.9 Å². The van der Waals surface area contributed by atoms with Gasteiger partial charge in [-0.15, -0.1) is 0 Å². The zero-order valence-corrected chi connectivity index (χ0v) is 32.0. The number of benzene rings is 2. The molecule has 2 aromatic carbocycles. The van der Waals surface area contributed by atoms with Gasteiger partial charge in [0.25, 0.3) is 11.6 Å². The lowest BCUT2D eigenvalue weighted by Crippen LogP contribution is -2.39. The van der Waals surface area contributed by atoms with Crippen LogP contribution >= 0.6 is 23.5 Å². The summed E-state index contributed by atoms with van der Waals surface area (Å²) >= 11 is 3.19. The highest BCUT2D eigenvalue weighted by Gasteiger charge is 2.26. The summed E-state index contributed by atoms with van der Waals surface area (Å²) in [5.41, 5.74) is 7.79. The Morgan fingerprint density at radius 3 is 1.26 bits per heavy atom. The lowest BCUT2D eigenvalue weighted by molar-refractivity contribution is -0.125. The molecule has 47 heavy (non-hydrogen) atoms. The Bertz CT molecular complexity index is 1390. The molecule has 0 aliphatic heterocycles. The molecule has 2 N–H and O–H groups in total. The molecule has 0 aliphatic carbocycles. The number of amides is 2. The minimum Gasteiger partial charge on any atom is -0.299 e. The molecule has 260 valence electrons. The smallest absolute Gasteiger partial charge is 0.299 e. The van der Waals surface area contributed by atoms with Crippen molar-refractivity contribution < 1.29 is 24.0 Å². The summed E-state index contributed by atoms with van der Waals surface area (Å²) in [6.45, 7) is 15.4. The summed E-state index contributed by atoms with van der Waals surface area (Å²) in [6, 6.07) is 7.89. The molecular formula is C36H54N4O5S2. The molecule has 0 fully saturated rings. The van der Waals surface area contributed by atoms with Crippen LogP contribution in [0.2, 0.25) is 0 Å². The molecule has 0 radical (unpaired) electrons. The van der Waals surface area contributed by atoms with Gasteiger partial charge in [0.2, 0.25) is 0 Å². The summed E-state index contributed by atoms with van der Waals surface area (Å²) in [5, 5.41) is 6.19. The van der Waals surface area contributed by atoms with Gasteiger partial charge in [-0.1, -0.05) is 63.1 Å². The fraction of sp³-hybridized carbons (Fsp3) is 0.500. The number of carbonyl (C=O) groups excluding carboxylic acids is 5. The Labute approximate surface area is 290 Å². The summed E-state index contributed by atoms with van der Waals surface area (Å²) in [6.07, 6.45) is 6.78. The molecule has 0 aromatic heterocycles. The monoisotopic (exact) mass is 686 g/mol. The lowest BCUT2D eigenvalue weighted by Gasteiger charge is -2.16. The molecule has 0 atom stereocenters. The van der Waals surface area contributed by atoms with Crippen LogP contribution < -0.4 is 5.84 Å². The number of rotatable bonds is 13. The Morgan fingerprint density at radius 1 is 0.660 bits per heavy atom. The Balaban J connectivity index is 0.000000782. The number of hydrazine groups is 1. The SMILES string of the molecule is CCc1cc(C)cc(CC)c1C(=O)C(=O)N(C)N.CCc1cc(C)cc(CC)c1C(=O)C(=O)N(C)N=C(C)CSC.CSCC(C)=O. The van der Waals surface area contributed by atoms with E-state index in [0.717, 1.165) is 80.5 Å². The lowest BCUT2D eigenvalue weighted by atomic mass is 9.92. The van der Waals surface area contributed by atoms with E-state index in [-0.39, 0.29) is 5.78 Å². The first kappa shape index (κ1) is 43.7. The highest BCUT2D eigenvalue weighted by Crippen LogP contribution is 2.22. The van der Waals surface area contributed by atoms with Crippen LogP contribution in [0.25, 0.3) is 0 Å². The van der Waals surface area contributed by atoms with E-state index < -0.39 is 23.4 Å². The van der Waals surface area contributed by atoms with Crippen LogP contribution in [0.4, 0.5) is 0 Å². The topological polar surface area (TPSA) is 130 Å². The average molecular weight is 687 g/mol. The number of thioether (sulfide) groups is 2. The second-order valence-electron chi connectivity index (χ2n) is 11.1. The van der Waals surface area contributed by atoms with E-state index >= 15 is 0 Å². The molecular weight excluding hydrogens is 633 g/mol. The number of ketones is 3. The highest BCUT2D eigenvalue weighted by molar-refractivity contribution is 7.99. The zero-order valence-electron chi connectivity index (χ0n) is 30.3. The van der Waals surface area contributed by atoms with Crippen LogP contribution in [0, 0.1) is 13.8 Å². The molecule has 0 spiro atoms. The summed E-state index contributed by atoms with van der Waals surface area (Å²) in [4.78, 5) is 59.1. The number of Topliss-reactive ketones (excluding diaryl/α,β-unsaturated/α-hetero) is 3. The maximum atomic E-state index is 12.7. The molecule has 0 saturated carbocycles. The van der Waals surface area contributed by atoms with Gasteiger partial charge in [-0.3, -0.25) is 29.0 Å². The van der Waals surface area contributed by atoms with Crippen molar-refractivity contribution in [1.29, 1.82) is 0 Å². The predicted octanol–water partition coefficient (Wildman–Crippen LogP) is 6.07. The number of nitrogens with two attached hydrogens (primary N) is 1. The van der Waals surface area contributed by atoms with E-state index in [1.165, 1.54) is 14.1 Å². The van der Waals surface area contributed by atoms with Crippen molar-refractivity contribution in [1.82, 2.24) is 10.0 Å². The van der Waals surface area contributed by atoms with Crippen molar-refractivity contribution in [3.05, 3.63) is 68.8 Å². The number of hydrogen-bond donors (Lipinski definition) is 1. The molecule has 0 unspecified atom stereocenters. The van der Waals surface area contributed by atoms with Crippen LogP contribution in [0.3, 0.4) is 0 Å². The van der Waals surface area contributed by atoms with E-state index in [1.807, 2.05) is 85.2 Å². The summed E-state index contributed by atoms with van der Waals surface area (Å²) in [7, 11) is 2.92. The third-order valence-corrected chi connectivity index (χ3v) is 8.30. The largest absolute Gasteiger partial charge is 0.314 e. The van der Waals surface area contributed by atoms with Crippen LogP contribution in [-0.2, 0) is 40.1 Å². The minimum atomic E-state index is -0.678. The molecule has 0 aliphatic rings. The van der Waals surface area contributed by atoms with E-state index in [9.17, 15) is 24.0 Å². The number of aryl methyl sites for hydroxylation is 6. The second kappa shape index (κ2) is 22.3.